The quantitative estimate of drug-likeness (QED) is 0.627. The molecule has 0 unspecified atom stereocenters. The van der Waals surface area contributed by atoms with Gasteiger partial charge in [-0.25, -0.2) is 0 Å². The van der Waals surface area contributed by atoms with Crippen molar-refractivity contribution in [1.29, 1.82) is 0 Å². The number of nitrogens with two attached hydrogens (primary N) is 1. The summed E-state index contributed by atoms with van der Waals surface area (Å²) in [5, 5.41) is 8.81. The van der Waals surface area contributed by atoms with Crippen molar-refractivity contribution < 1.29 is 14.7 Å². The highest BCUT2D eigenvalue weighted by Crippen LogP contribution is 2.19. The lowest BCUT2D eigenvalue weighted by atomic mass is 9.94. The molecule has 24 heavy (non-hydrogen) atoms. The molecule has 0 bridgehead atoms. The Labute approximate surface area is 147 Å². The minimum absolute atomic E-state index is 0.0602. The van der Waals surface area contributed by atoms with Gasteiger partial charge >= 0.3 is 5.97 Å². The number of nitrogens with zero attached hydrogens (tertiary/aromatic N) is 2. The molecule has 0 aliphatic carbocycles. The van der Waals surface area contributed by atoms with Gasteiger partial charge in [0.05, 0.1) is 0 Å². The molecule has 0 fully saturated rings. The zero-order chi connectivity index (χ0) is 19.1. The fraction of sp³-hybridized carbons (Fsp3) is 0.889. The molecule has 142 valence electrons. The minimum atomic E-state index is -0.968. The lowest BCUT2D eigenvalue weighted by Gasteiger charge is -2.35. The van der Waals surface area contributed by atoms with Crippen LogP contribution in [0.25, 0.3) is 0 Å². The number of hydrogen-bond donors (Lipinski definition) is 2. The number of carboxylic acids is 1. The van der Waals surface area contributed by atoms with Crippen molar-refractivity contribution >= 4 is 11.9 Å². The average Bonchev–Trinajstić information content (AvgIpc) is 2.42. The van der Waals surface area contributed by atoms with E-state index in [1.807, 2.05) is 25.7 Å². The number of likely N-dealkylation sites (N-methyl/N-ethyl adjacent to an activating group) is 1. The molecule has 0 aromatic heterocycles. The lowest BCUT2D eigenvalue weighted by Crippen LogP contribution is -2.47. The van der Waals surface area contributed by atoms with Crippen LogP contribution >= 0.6 is 0 Å². The van der Waals surface area contributed by atoms with E-state index in [-0.39, 0.29) is 11.4 Å². The monoisotopic (exact) mass is 343 g/mol. The molecule has 6 heteroatoms. The average molecular weight is 344 g/mol. The molecule has 0 aromatic rings. The number of rotatable bonds is 9. The fourth-order valence-electron chi connectivity index (χ4n) is 2.19. The van der Waals surface area contributed by atoms with Gasteiger partial charge in [0.25, 0.3) is 0 Å². The Morgan fingerprint density at radius 2 is 1.54 bits per heavy atom. The molecule has 3 N–H and O–H groups in total. The van der Waals surface area contributed by atoms with Crippen LogP contribution in [0.2, 0.25) is 0 Å². The summed E-state index contributed by atoms with van der Waals surface area (Å²) in [6, 6.07) is -0.816. The summed E-state index contributed by atoms with van der Waals surface area (Å²) in [7, 11) is 2.06. The standard InChI is InChI=1S/C18H37N3O3/c1-17(2,3)16(24)21(13-12-20(7)18(4,5)6)11-9-8-10-14(19)15(22)23/h14H,8-13,19H2,1-7H3,(H,22,23)/t14-/m0/s1. The third-order valence-corrected chi connectivity index (χ3v) is 4.29. The fourth-order valence-corrected chi connectivity index (χ4v) is 2.19. The molecular formula is C18H37N3O3. The molecule has 0 aliphatic heterocycles. The summed E-state index contributed by atoms with van der Waals surface area (Å²) in [4.78, 5) is 27.5. The number of carboxylic acid groups (broad SMARTS) is 1. The normalized spacial score (nSPS) is 13.9. The van der Waals surface area contributed by atoms with Crippen molar-refractivity contribution in [3.63, 3.8) is 0 Å². The molecule has 0 spiro atoms. The van der Waals surface area contributed by atoms with Gasteiger partial charge in [0.1, 0.15) is 6.04 Å². The van der Waals surface area contributed by atoms with E-state index in [1.165, 1.54) is 0 Å². The number of unbranched alkanes of at least 4 members (excludes halogenated alkanes) is 1. The van der Waals surface area contributed by atoms with Crippen molar-refractivity contribution in [3.05, 3.63) is 0 Å². The highest BCUT2D eigenvalue weighted by atomic mass is 16.4. The maximum Gasteiger partial charge on any atom is 0.320 e. The van der Waals surface area contributed by atoms with Crippen LogP contribution in [0, 0.1) is 5.41 Å². The van der Waals surface area contributed by atoms with Crippen molar-refractivity contribution in [2.75, 3.05) is 26.7 Å². The maximum absolute atomic E-state index is 12.7. The predicted octanol–water partition coefficient (Wildman–Crippen LogP) is 2.17. The number of carbonyl (C=O) groups excluding carboxylic acids is 1. The molecule has 0 rings (SSSR count). The van der Waals surface area contributed by atoms with Crippen LogP contribution in [0.15, 0.2) is 0 Å². The summed E-state index contributed by atoms with van der Waals surface area (Å²) < 4.78 is 0. The number of amides is 1. The molecule has 0 saturated carbocycles. The third kappa shape index (κ3) is 8.64. The molecule has 0 heterocycles. The van der Waals surface area contributed by atoms with Gasteiger partial charge in [-0.05, 0) is 47.1 Å². The lowest BCUT2D eigenvalue weighted by molar-refractivity contribution is -0.140. The second-order valence-corrected chi connectivity index (χ2v) is 8.58. The van der Waals surface area contributed by atoms with Gasteiger partial charge in [0.2, 0.25) is 5.91 Å². The first kappa shape index (κ1) is 22.9. The Kier molecular flexibility index (Phi) is 8.93. The zero-order valence-electron chi connectivity index (χ0n) is 16.6. The van der Waals surface area contributed by atoms with Gasteiger partial charge in [-0.1, -0.05) is 20.8 Å². The number of hydrogen-bond acceptors (Lipinski definition) is 4. The zero-order valence-corrected chi connectivity index (χ0v) is 16.6. The molecule has 1 amide bonds. The van der Waals surface area contributed by atoms with Gasteiger partial charge < -0.3 is 15.7 Å². The van der Waals surface area contributed by atoms with Crippen molar-refractivity contribution in [2.24, 2.45) is 11.1 Å². The van der Waals surface area contributed by atoms with Crippen LogP contribution in [0.5, 0.6) is 0 Å². The van der Waals surface area contributed by atoms with E-state index in [1.54, 1.807) is 0 Å². The van der Waals surface area contributed by atoms with Gasteiger partial charge in [-0.2, -0.15) is 0 Å². The van der Waals surface area contributed by atoms with E-state index < -0.39 is 17.4 Å². The Morgan fingerprint density at radius 3 is 1.96 bits per heavy atom. The second kappa shape index (κ2) is 9.37. The molecule has 0 aromatic carbocycles. The van der Waals surface area contributed by atoms with Crippen molar-refractivity contribution in [3.8, 4) is 0 Å². The van der Waals surface area contributed by atoms with Crippen LogP contribution in [0.3, 0.4) is 0 Å². The van der Waals surface area contributed by atoms with Crippen LogP contribution in [0.4, 0.5) is 0 Å². The summed E-state index contributed by atoms with van der Waals surface area (Å²) in [5.74, 6) is -0.836. The first-order chi connectivity index (χ1) is 10.8. The molecule has 0 aliphatic rings. The topological polar surface area (TPSA) is 86.9 Å². The summed E-state index contributed by atoms with van der Waals surface area (Å²) in [6.07, 6.45) is 1.91. The van der Waals surface area contributed by atoms with Crippen molar-refractivity contribution in [1.82, 2.24) is 9.80 Å². The van der Waals surface area contributed by atoms with Crippen LogP contribution < -0.4 is 5.73 Å². The van der Waals surface area contributed by atoms with E-state index in [4.69, 9.17) is 10.8 Å². The van der Waals surface area contributed by atoms with Gasteiger partial charge in [-0.3, -0.25) is 14.5 Å². The first-order valence-electron chi connectivity index (χ1n) is 8.76. The smallest absolute Gasteiger partial charge is 0.320 e. The Morgan fingerprint density at radius 1 is 1.00 bits per heavy atom. The van der Waals surface area contributed by atoms with E-state index >= 15 is 0 Å². The highest BCUT2D eigenvalue weighted by Gasteiger charge is 2.28. The van der Waals surface area contributed by atoms with E-state index in [9.17, 15) is 9.59 Å². The van der Waals surface area contributed by atoms with Crippen LogP contribution in [-0.2, 0) is 9.59 Å². The minimum Gasteiger partial charge on any atom is -0.480 e. The SMILES string of the molecule is CN(CCN(CCCC[C@H](N)C(=O)O)C(=O)C(C)(C)C)C(C)(C)C. The summed E-state index contributed by atoms with van der Waals surface area (Å²) in [6.45, 7) is 14.3. The van der Waals surface area contributed by atoms with Gasteiger partial charge in [0, 0.05) is 30.6 Å². The molecule has 0 saturated heterocycles. The number of carbonyl (C=O) groups is 2. The van der Waals surface area contributed by atoms with Crippen LogP contribution in [-0.4, -0.2) is 65.0 Å². The number of aliphatic carboxylic acids is 1. The molecule has 0 radical (unpaired) electrons. The van der Waals surface area contributed by atoms with E-state index in [2.05, 4.69) is 32.7 Å². The Bertz CT molecular complexity index is 411. The van der Waals surface area contributed by atoms with E-state index in [0.717, 1.165) is 13.0 Å². The molecular weight excluding hydrogens is 306 g/mol. The Balaban J connectivity index is 4.61. The summed E-state index contributed by atoms with van der Waals surface area (Å²) in [5.41, 5.74) is 5.16. The van der Waals surface area contributed by atoms with Gasteiger partial charge in [-0.15, -0.1) is 0 Å². The predicted molar refractivity (Wildman–Crippen MR) is 97.9 cm³/mol. The third-order valence-electron chi connectivity index (χ3n) is 4.29. The van der Waals surface area contributed by atoms with E-state index in [0.29, 0.717) is 25.9 Å². The first-order valence-corrected chi connectivity index (χ1v) is 8.76. The summed E-state index contributed by atoms with van der Waals surface area (Å²) >= 11 is 0. The Hall–Kier alpha value is -1.14. The van der Waals surface area contributed by atoms with Gasteiger partial charge in [0.15, 0.2) is 0 Å². The van der Waals surface area contributed by atoms with Crippen molar-refractivity contribution in [2.45, 2.75) is 72.4 Å². The second-order valence-electron chi connectivity index (χ2n) is 8.58. The largest absolute Gasteiger partial charge is 0.480 e. The molecule has 6 nitrogen and oxygen atoms in total. The molecule has 1 atom stereocenters. The maximum atomic E-state index is 12.7. The van der Waals surface area contributed by atoms with Crippen LogP contribution in [0.1, 0.15) is 60.8 Å². The highest BCUT2D eigenvalue weighted by molar-refractivity contribution is 5.81.